The van der Waals surface area contributed by atoms with Crippen LogP contribution in [0.15, 0.2) is 22.7 Å². The molecule has 0 spiro atoms. The van der Waals surface area contributed by atoms with Crippen LogP contribution in [0.3, 0.4) is 0 Å². The number of halogens is 3. The van der Waals surface area contributed by atoms with E-state index in [0.29, 0.717) is 11.6 Å². The lowest BCUT2D eigenvalue weighted by atomic mass is 10.0. The SMILES string of the molecule is Cl.NCCC[C@H](N)c1cc(Cl)ccc1Br. The van der Waals surface area contributed by atoms with Crippen molar-refractivity contribution in [3.05, 3.63) is 33.3 Å². The van der Waals surface area contributed by atoms with Gasteiger partial charge in [-0.3, -0.25) is 0 Å². The van der Waals surface area contributed by atoms with Crippen molar-refractivity contribution >= 4 is 39.9 Å². The third kappa shape index (κ3) is 4.70. The molecule has 0 fully saturated rings. The van der Waals surface area contributed by atoms with Crippen molar-refractivity contribution in [3.63, 3.8) is 0 Å². The van der Waals surface area contributed by atoms with Crippen LogP contribution in [-0.2, 0) is 0 Å². The van der Waals surface area contributed by atoms with Gasteiger partial charge in [0.25, 0.3) is 0 Å². The fourth-order valence-corrected chi connectivity index (χ4v) is 2.01. The van der Waals surface area contributed by atoms with Crippen molar-refractivity contribution in [2.75, 3.05) is 6.54 Å². The van der Waals surface area contributed by atoms with E-state index in [1.165, 1.54) is 0 Å². The summed E-state index contributed by atoms with van der Waals surface area (Å²) in [5, 5.41) is 0.714. The van der Waals surface area contributed by atoms with Gasteiger partial charge in [-0.2, -0.15) is 0 Å². The van der Waals surface area contributed by atoms with Crippen molar-refractivity contribution in [2.24, 2.45) is 11.5 Å². The molecule has 0 heterocycles. The molecule has 0 saturated carbocycles. The third-order valence-electron chi connectivity index (χ3n) is 2.08. The van der Waals surface area contributed by atoms with E-state index in [1.807, 2.05) is 18.2 Å². The summed E-state index contributed by atoms with van der Waals surface area (Å²) in [6.07, 6.45) is 1.82. The van der Waals surface area contributed by atoms with E-state index in [4.69, 9.17) is 23.1 Å². The molecule has 86 valence electrons. The highest BCUT2D eigenvalue weighted by Crippen LogP contribution is 2.27. The van der Waals surface area contributed by atoms with Gasteiger partial charge in [0, 0.05) is 15.5 Å². The van der Waals surface area contributed by atoms with Gasteiger partial charge in [-0.25, -0.2) is 0 Å². The maximum atomic E-state index is 6.01. The fraction of sp³-hybridized carbons (Fsp3) is 0.400. The molecule has 0 aromatic heterocycles. The summed E-state index contributed by atoms with van der Waals surface area (Å²) in [5.41, 5.74) is 12.5. The predicted octanol–water partition coefficient (Wildman–Crippen LogP) is 3.26. The Kier molecular flexibility index (Phi) is 7.57. The van der Waals surface area contributed by atoms with E-state index in [9.17, 15) is 0 Å². The van der Waals surface area contributed by atoms with E-state index in [-0.39, 0.29) is 18.4 Å². The Morgan fingerprint density at radius 3 is 2.67 bits per heavy atom. The van der Waals surface area contributed by atoms with Gasteiger partial charge in [0.05, 0.1) is 0 Å². The summed E-state index contributed by atoms with van der Waals surface area (Å²) in [5.74, 6) is 0. The first-order valence-electron chi connectivity index (χ1n) is 4.55. The fourth-order valence-electron chi connectivity index (χ4n) is 1.29. The molecule has 0 radical (unpaired) electrons. The summed E-state index contributed by atoms with van der Waals surface area (Å²) >= 11 is 9.35. The zero-order chi connectivity index (χ0) is 10.6. The minimum absolute atomic E-state index is 0. The second kappa shape index (κ2) is 7.47. The van der Waals surface area contributed by atoms with Crippen molar-refractivity contribution < 1.29 is 0 Å². The molecule has 0 amide bonds. The second-order valence-electron chi connectivity index (χ2n) is 3.20. The van der Waals surface area contributed by atoms with Gasteiger partial charge in [-0.15, -0.1) is 12.4 Å². The molecular weight excluding hydrogens is 299 g/mol. The number of hydrogen-bond donors (Lipinski definition) is 2. The number of rotatable bonds is 4. The third-order valence-corrected chi connectivity index (χ3v) is 3.03. The molecule has 1 rings (SSSR count). The molecule has 1 aromatic rings. The molecule has 2 nitrogen and oxygen atoms in total. The maximum absolute atomic E-state index is 6.01. The topological polar surface area (TPSA) is 52.0 Å². The minimum Gasteiger partial charge on any atom is -0.330 e. The Labute approximate surface area is 110 Å². The van der Waals surface area contributed by atoms with Crippen LogP contribution in [-0.4, -0.2) is 6.54 Å². The summed E-state index contributed by atoms with van der Waals surface area (Å²) < 4.78 is 1.01. The van der Waals surface area contributed by atoms with E-state index >= 15 is 0 Å². The van der Waals surface area contributed by atoms with E-state index in [0.717, 1.165) is 22.9 Å². The highest BCUT2D eigenvalue weighted by molar-refractivity contribution is 9.10. The van der Waals surface area contributed by atoms with Gasteiger partial charge in [0.15, 0.2) is 0 Å². The molecule has 1 atom stereocenters. The number of nitrogens with two attached hydrogens (primary N) is 2. The highest BCUT2D eigenvalue weighted by atomic mass is 79.9. The van der Waals surface area contributed by atoms with Gasteiger partial charge >= 0.3 is 0 Å². The van der Waals surface area contributed by atoms with Crippen molar-refractivity contribution in [3.8, 4) is 0 Å². The van der Waals surface area contributed by atoms with E-state index in [2.05, 4.69) is 15.9 Å². The Balaban J connectivity index is 0.00000196. The predicted molar refractivity (Wildman–Crippen MR) is 71.6 cm³/mol. The summed E-state index contributed by atoms with van der Waals surface area (Å²) in [7, 11) is 0. The molecule has 15 heavy (non-hydrogen) atoms. The molecule has 0 aliphatic rings. The highest BCUT2D eigenvalue weighted by Gasteiger charge is 2.09. The quantitative estimate of drug-likeness (QED) is 0.896. The Hall–Kier alpha value is 0.200. The lowest BCUT2D eigenvalue weighted by Crippen LogP contribution is -2.13. The molecule has 0 aliphatic heterocycles. The molecule has 0 aliphatic carbocycles. The standard InChI is InChI=1S/C10H14BrClN2.ClH/c11-9-4-3-7(12)6-8(9)10(14)2-1-5-13;/h3-4,6,10H,1-2,5,13-14H2;1H/t10-;/m0./s1. The van der Waals surface area contributed by atoms with E-state index in [1.54, 1.807) is 0 Å². The zero-order valence-corrected chi connectivity index (χ0v) is 11.4. The van der Waals surface area contributed by atoms with Crippen LogP contribution in [0.1, 0.15) is 24.4 Å². The molecule has 4 N–H and O–H groups in total. The smallest absolute Gasteiger partial charge is 0.0410 e. The number of benzene rings is 1. The lowest BCUT2D eigenvalue weighted by molar-refractivity contribution is 0.616. The number of hydrogen-bond acceptors (Lipinski definition) is 2. The van der Waals surface area contributed by atoms with Crippen LogP contribution in [0.2, 0.25) is 5.02 Å². The monoisotopic (exact) mass is 312 g/mol. The van der Waals surface area contributed by atoms with Crippen LogP contribution >= 0.6 is 39.9 Å². The van der Waals surface area contributed by atoms with Crippen molar-refractivity contribution in [1.29, 1.82) is 0 Å². The van der Waals surface area contributed by atoms with Crippen LogP contribution in [0.4, 0.5) is 0 Å². The van der Waals surface area contributed by atoms with E-state index < -0.39 is 0 Å². The first-order valence-corrected chi connectivity index (χ1v) is 5.73. The van der Waals surface area contributed by atoms with Crippen LogP contribution in [0.5, 0.6) is 0 Å². The van der Waals surface area contributed by atoms with Crippen molar-refractivity contribution in [2.45, 2.75) is 18.9 Å². The summed E-state index contributed by atoms with van der Waals surface area (Å²) in [6, 6.07) is 5.66. The Morgan fingerprint density at radius 1 is 1.40 bits per heavy atom. The molecule has 0 saturated heterocycles. The van der Waals surface area contributed by atoms with Crippen LogP contribution in [0.25, 0.3) is 0 Å². The largest absolute Gasteiger partial charge is 0.330 e. The Morgan fingerprint density at radius 2 is 2.07 bits per heavy atom. The van der Waals surface area contributed by atoms with Gasteiger partial charge < -0.3 is 11.5 Å². The maximum Gasteiger partial charge on any atom is 0.0410 e. The molecule has 0 unspecified atom stereocenters. The van der Waals surface area contributed by atoms with Crippen LogP contribution in [0, 0.1) is 0 Å². The lowest BCUT2D eigenvalue weighted by Gasteiger charge is -2.13. The normalized spacial score (nSPS) is 12.0. The minimum atomic E-state index is 0. The average molecular weight is 314 g/mol. The summed E-state index contributed by atoms with van der Waals surface area (Å²) in [6.45, 7) is 0.673. The van der Waals surface area contributed by atoms with Gasteiger partial charge in [0.1, 0.15) is 0 Å². The zero-order valence-electron chi connectivity index (χ0n) is 8.25. The van der Waals surface area contributed by atoms with Gasteiger partial charge in [0.2, 0.25) is 0 Å². The van der Waals surface area contributed by atoms with Crippen LogP contribution < -0.4 is 11.5 Å². The molecule has 5 heteroatoms. The molecule has 1 aromatic carbocycles. The first kappa shape index (κ1) is 15.2. The van der Waals surface area contributed by atoms with Gasteiger partial charge in [-0.05, 0) is 43.1 Å². The van der Waals surface area contributed by atoms with Gasteiger partial charge in [-0.1, -0.05) is 27.5 Å². The Bertz CT molecular complexity index is 307. The first-order chi connectivity index (χ1) is 6.65. The summed E-state index contributed by atoms with van der Waals surface area (Å²) in [4.78, 5) is 0. The van der Waals surface area contributed by atoms with Crippen molar-refractivity contribution in [1.82, 2.24) is 0 Å². The molecule has 0 bridgehead atoms. The second-order valence-corrected chi connectivity index (χ2v) is 4.49. The average Bonchev–Trinajstić information content (AvgIpc) is 2.18. The molecular formula is C10H15BrCl2N2.